The minimum Gasteiger partial charge on any atom is -0.481 e. The van der Waals surface area contributed by atoms with Crippen LogP contribution in [0.2, 0.25) is 0 Å². The Hall–Kier alpha value is 0.470. The van der Waals surface area contributed by atoms with E-state index in [1.807, 2.05) is 0 Å². The molecular weight excluding hydrogens is 487 g/mol. The molecule has 0 radical (unpaired) electrons. The molecule has 39 heavy (non-hydrogen) atoms. The van der Waals surface area contributed by atoms with Crippen LogP contribution < -0.4 is 29.6 Å². The van der Waals surface area contributed by atoms with Crippen molar-refractivity contribution in [3.05, 3.63) is 6.92 Å². The summed E-state index contributed by atoms with van der Waals surface area (Å²) in [6.45, 7) is 8.45. The summed E-state index contributed by atoms with van der Waals surface area (Å²) in [7, 11) is 0. The Labute approximate surface area is 270 Å². The summed E-state index contributed by atoms with van der Waals surface area (Å²) in [5.74, 6) is -0.653. The molecule has 0 aliphatic carbocycles. The van der Waals surface area contributed by atoms with E-state index in [0.717, 1.165) is 19.3 Å². The second-order valence-corrected chi connectivity index (χ2v) is 11.9. The van der Waals surface area contributed by atoms with E-state index in [2.05, 4.69) is 20.8 Å². The van der Waals surface area contributed by atoms with Gasteiger partial charge < -0.3 is 12.0 Å². The van der Waals surface area contributed by atoms with Crippen LogP contribution in [0.1, 0.15) is 219 Å². The third kappa shape index (κ3) is 48.5. The number of hydrogen-bond acceptors (Lipinski definition) is 1. The van der Waals surface area contributed by atoms with Crippen LogP contribution in [0.4, 0.5) is 0 Å². The van der Waals surface area contributed by atoms with Gasteiger partial charge in [0.15, 0.2) is 0 Å². The average Bonchev–Trinajstić information content (AvgIpc) is 2.91. The zero-order chi connectivity index (χ0) is 28.2. The third-order valence-electron chi connectivity index (χ3n) is 7.85. The smallest absolute Gasteiger partial charge is 0.481 e. The quantitative estimate of drug-likeness (QED) is 0.0520. The summed E-state index contributed by atoms with van der Waals surface area (Å²) < 4.78 is 0. The van der Waals surface area contributed by atoms with Crippen LogP contribution in [0.15, 0.2) is 0 Å². The molecule has 0 fully saturated rings. The Morgan fingerprint density at radius 1 is 0.410 bits per heavy atom. The Morgan fingerprint density at radius 2 is 0.615 bits per heavy atom. The van der Waals surface area contributed by atoms with Gasteiger partial charge in [0.25, 0.3) is 0 Å². The predicted molar refractivity (Wildman–Crippen MR) is 172 cm³/mol. The van der Waals surface area contributed by atoms with Gasteiger partial charge in [0.05, 0.1) is 0 Å². The van der Waals surface area contributed by atoms with Crippen molar-refractivity contribution >= 4 is 5.97 Å². The monoisotopic (exact) mass is 561 g/mol. The molecule has 0 aromatic carbocycles. The summed E-state index contributed by atoms with van der Waals surface area (Å²) in [4.78, 5) is 10.3. The van der Waals surface area contributed by atoms with Gasteiger partial charge in [-0.2, -0.15) is 6.42 Å². The fourth-order valence-electron chi connectivity index (χ4n) is 5.20. The Balaban J connectivity index is -0.000000651. The van der Waals surface area contributed by atoms with E-state index < -0.39 is 5.97 Å². The molecule has 0 aromatic heterocycles. The first-order chi connectivity index (χ1) is 18.7. The van der Waals surface area contributed by atoms with Gasteiger partial charge in [-0.15, -0.1) is 0 Å². The number of unbranched alkanes of at least 4 members (excludes halogenated alkanes) is 29. The number of carboxylic acid groups (broad SMARTS) is 1. The molecule has 0 unspecified atom stereocenters. The van der Waals surface area contributed by atoms with Crippen LogP contribution in [0.3, 0.4) is 0 Å². The minimum absolute atomic E-state index is 0. The minimum atomic E-state index is -0.653. The Bertz CT molecular complexity index is 397. The van der Waals surface area contributed by atoms with E-state index in [4.69, 9.17) is 5.11 Å². The molecule has 3 heteroatoms. The third-order valence-corrected chi connectivity index (χ3v) is 7.85. The molecule has 230 valence electrons. The second kappa shape index (κ2) is 42.9. The van der Waals surface area contributed by atoms with Crippen LogP contribution >= 0.6 is 0 Å². The van der Waals surface area contributed by atoms with Gasteiger partial charge in [0, 0.05) is 6.42 Å². The maximum absolute atomic E-state index is 10.3. The van der Waals surface area contributed by atoms with E-state index >= 15 is 0 Å². The van der Waals surface area contributed by atoms with Gasteiger partial charge in [0.1, 0.15) is 0 Å². The maximum Gasteiger partial charge on any atom is 1.00 e. The fraction of sp³-hybridized carbons (Fsp3) is 0.944. The topological polar surface area (TPSA) is 37.3 Å². The molecule has 0 aliphatic heterocycles. The van der Waals surface area contributed by atoms with Gasteiger partial charge in [-0.25, -0.2) is 0 Å². The second-order valence-electron chi connectivity index (χ2n) is 11.9. The summed E-state index contributed by atoms with van der Waals surface area (Å²) in [5, 5.41) is 8.52. The molecule has 1 N–H and O–H groups in total. The van der Waals surface area contributed by atoms with Crippen molar-refractivity contribution in [3.8, 4) is 0 Å². The first-order valence-corrected chi connectivity index (χ1v) is 17.7. The number of carboxylic acids is 1. The zero-order valence-electron chi connectivity index (χ0n) is 27.7. The molecule has 0 rings (SSSR count). The number of hydrogen-bond donors (Lipinski definition) is 1. The van der Waals surface area contributed by atoms with Gasteiger partial charge in [-0.1, -0.05) is 200 Å². The van der Waals surface area contributed by atoms with Crippen LogP contribution in [0, 0.1) is 6.92 Å². The Morgan fingerprint density at radius 3 is 0.821 bits per heavy atom. The van der Waals surface area contributed by atoms with E-state index in [-0.39, 0.29) is 29.6 Å². The molecule has 0 amide bonds. The van der Waals surface area contributed by atoms with Gasteiger partial charge in [-0.3, -0.25) is 4.79 Å². The number of rotatable bonds is 31. The van der Waals surface area contributed by atoms with E-state index in [0.29, 0.717) is 6.42 Å². The fourth-order valence-corrected chi connectivity index (χ4v) is 5.20. The molecular formula is C36H73NaO2. The molecule has 0 aromatic rings. The molecule has 2 nitrogen and oxygen atoms in total. The van der Waals surface area contributed by atoms with Crippen molar-refractivity contribution in [2.45, 2.75) is 219 Å². The SMILES string of the molecule is CCCCCCCCCCCCCCCCCC(=O)O.[CH2-]CCCCCCCCCCCCCCCCC.[Na+]. The summed E-state index contributed by atoms with van der Waals surface area (Å²) in [6, 6.07) is 0. The molecule has 0 bridgehead atoms. The maximum atomic E-state index is 10.3. The molecule has 0 saturated heterocycles. The van der Waals surface area contributed by atoms with Gasteiger partial charge >= 0.3 is 35.5 Å². The molecule has 0 heterocycles. The van der Waals surface area contributed by atoms with Crippen LogP contribution in [-0.2, 0) is 4.79 Å². The van der Waals surface area contributed by atoms with Crippen molar-refractivity contribution in [2.24, 2.45) is 0 Å². The first kappa shape index (κ1) is 43.9. The molecule has 0 aliphatic rings. The van der Waals surface area contributed by atoms with Crippen molar-refractivity contribution in [3.63, 3.8) is 0 Å². The number of carbonyl (C=O) groups is 1. The van der Waals surface area contributed by atoms with Crippen LogP contribution in [-0.4, -0.2) is 11.1 Å². The molecule has 0 spiro atoms. The van der Waals surface area contributed by atoms with Crippen molar-refractivity contribution < 1.29 is 39.5 Å². The average molecular weight is 561 g/mol. The molecule has 0 saturated carbocycles. The number of aliphatic carboxylic acids is 1. The van der Waals surface area contributed by atoms with Gasteiger partial charge in [0.2, 0.25) is 0 Å². The summed E-state index contributed by atoms with van der Waals surface area (Å²) >= 11 is 0. The zero-order valence-corrected chi connectivity index (χ0v) is 29.7. The largest absolute Gasteiger partial charge is 1.00 e. The van der Waals surface area contributed by atoms with Crippen LogP contribution in [0.5, 0.6) is 0 Å². The van der Waals surface area contributed by atoms with E-state index in [1.54, 1.807) is 0 Å². The Kier molecular flexibility index (Phi) is 48.3. The normalized spacial score (nSPS) is 10.6. The summed E-state index contributed by atoms with van der Waals surface area (Å²) in [6.07, 6.45) is 43.0. The van der Waals surface area contributed by atoms with E-state index in [1.165, 1.54) is 180 Å². The van der Waals surface area contributed by atoms with E-state index in [9.17, 15) is 4.79 Å². The first-order valence-electron chi connectivity index (χ1n) is 17.7. The predicted octanol–water partition coefficient (Wildman–Crippen LogP) is 10.4. The standard InChI is InChI=1S/C18H36O2.C18H37.Na/c1-2-3-4-5-6-7-8-9-10-11-12-13-14-15-16-17-18(19)20;1-3-5-7-9-11-13-15-17-18-16-14-12-10-8-6-4-2;/h2-17H2,1H3,(H,19,20);1,3-18H2,2H3;/q;-1;+1. The van der Waals surface area contributed by atoms with Crippen molar-refractivity contribution in [1.29, 1.82) is 0 Å². The molecule has 0 atom stereocenters. The van der Waals surface area contributed by atoms with Crippen molar-refractivity contribution in [1.82, 2.24) is 0 Å². The van der Waals surface area contributed by atoms with Crippen molar-refractivity contribution in [2.75, 3.05) is 0 Å². The van der Waals surface area contributed by atoms with Gasteiger partial charge in [-0.05, 0) is 6.42 Å². The van der Waals surface area contributed by atoms with Crippen LogP contribution in [0.25, 0.3) is 0 Å². The summed E-state index contributed by atoms with van der Waals surface area (Å²) in [5.41, 5.74) is 0.